The number of nitrogens with zero attached hydrogens (tertiary/aromatic N) is 3. The molecule has 0 atom stereocenters. The maximum Gasteiger partial charge on any atom is 0.390 e. The molecule has 0 unspecified atom stereocenters. The number of hydrogen-bond donors (Lipinski definition) is 1. The van der Waals surface area contributed by atoms with Gasteiger partial charge in [-0.25, -0.2) is 0 Å². The van der Waals surface area contributed by atoms with Gasteiger partial charge >= 0.3 is 5.82 Å². The minimum atomic E-state index is -0.493. The van der Waals surface area contributed by atoms with E-state index in [1.165, 1.54) is 6.07 Å². The van der Waals surface area contributed by atoms with E-state index < -0.39 is 4.92 Å². The zero-order valence-electron chi connectivity index (χ0n) is 6.86. The molecule has 1 heterocycles. The molecule has 0 saturated heterocycles. The van der Waals surface area contributed by atoms with E-state index in [0.29, 0.717) is 13.1 Å². The van der Waals surface area contributed by atoms with E-state index in [2.05, 4.69) is 10.8 Å². The Balaban J connectivity index is 2.92. The van der Waals surface area contributed by atoms with Crippen LogP contribution in [0, 0.1) is 17.0 Å². The quantitative estimate of drug-likeness (QED) is 0.483. The molecule has 1 aromatic heterocycles. The predicted molar refractivity (Wildman–Crippen MR) is 41.4 cm³/mol. The summed E-state index contributed by atoms with van der Waals surface area (Å²) < 4.78 is 1.59. The van der Waals surface area contributed by atoms with Crippen LogP contribution in [0.3, 0.4) is 0 Å². The molecule has 0 amide bonds. The van der Waals surface area contributed by atoms with Gasteiger partial charge in [0.15, 0.2) is 0 Å². The van der Waals surface area contributed by atoms with E-state index >= 15 is 0 Å². The molecule has 6 nitrogen and oxygen atoms in total. The molecule has 0 aliphatic carbocycles. The topological polar surface area (TPSA) is 88.6 Å². The molecule has 0 aliphatic rings. The van der Waals surface area contributed by atoms with E-state index in [-0.39, 0.29) is 5.82 Å². The third-order valence-electron chi connectivity index (χ3n) is 1.53. The Morgan fingerprint density at radius 3 is 2.92 bits per heavy atom. The van der Waals surface area contributed by atoms with E-state index in [4.69, 9.17) is 0 Å². The highest BCUT2D eigenvalue weighted by Gasteiger charge is 2.14. The van der Waals surface area contributed by atoms with Gasteiger partial charge in [-0.3, -0.25) is 0 Å². The lowest BCUT2D eigenvalue weighted by molar-refractivity contribution is -0.390. The van der Waals surface area contributed by atoms with Crippen molar-refractivity contribution in [3.63, 3.8) is 0 Å². The van der Waals surface area contributed by atoms with Gasteiger partial charge in [0.1, 0.15) is 6.54 Å². The molecular formula is C6H11N4O2+. The molecule has 6 heteroatoms. The summed E-state index contributed by atoms with van der Waals surface area (Å²) in [7, 11) is 0. The Morgan fingerprint density at radius 2 is 2.50 bits per heavy atom. The van der Waals surface area contributed by atoms with Crippen LogP contribution in [-0.4, -0.2) is 21.2 Å². The summed E-state index contributed by atoms with van der Waals surface area (Å²) in [5.41, 5.74) is 4.44. The Morgan fingerprint density at radius 1 is 1.83 bits per heavy atom. The van der Waals surface area contributed by atoms with E-state index in [9.17, 15) is 10.1 Å². The van der Waals surface area contributed by atoms with Crippen molar-refractivity contribution < 1.29 is 10.7 Å². The summed E-state index contributed by atoms with van der Waals surface area (Å²) in [6.45, 7) is 3.09. The molecule has 0 aromatic carbocycles. The third kappa shape index (κ3) is 1.59. The Labute approximate surface area is 69.1 Å². The fourth-order valence-electron chi connectivity index (χ4n) is 0.958. The molecule has 0 spiro atoms. The lowest BCUT2D eigenvalue weighted by Gasteiger charge is -1.91. The van der Waals surface area contributed by atoms with Gasteiger partial charge < -0.3 is 15.8 Å². The highest BCUT2D eigenvalue weighted by Crippen LogP contribution is 2.09. The van der Waals surface area contributed by atoms with Gasteiger partial charge in [-0.1, -0.05) is 0 Å². The molecule has 0 aliphatic heterocycles. The minimum absolute atomic E-state index is 0.0963. The largest absolute Gasteiger partial charge is 0.390 e. The average molecular weight is 171 g/mol. The van der Waals surface area contributed by atoms with Crippen molar-refractivity contribution in [2.75, 3.05) is 6.54 Å². The molecule has 0 fully saturated rings. The monoisotopic (exact) mass is 171 g/mol. The maximum atomic E-state index is 10.3. The molecule has 12 heavy (non-hydrogen) atoms. The van der Waals surface area contributed by atoms with Gasteiger partial charge in [-0.05, 0) is 11.8 Å². The van der Waals surface area contributed by atoms with Crippen LogP contribution in [0.2, 0.25) is 0 Å². The van der Waals surface area contributed by atoms with Crippen LogP contribution >= 0.6 is 0 Å². The summed E-state index contributed by atoms with van der Waals surface area (Å²) in [4.78, 5) is 9.79. The summed E-state index contributed by atoms with van der Waals surface area (Å²) in [6, 6.07) is 1.45. The van der Waals surface area contributed by atoms with Crippen molar-refractivity contribution in [1.82, 2.24) is 9.78 Å². The van der Waals surface area contributed by atoms with Gasteiger partial charge in [0.05, 0.1) is 23.4 Å². The number of rotatable bonds is 3. The molecule has 3 N–H and O–H groups in total. The highest BCUT2D eigenvalue weighted by molar-refractivity contribution is 5.20. The van der Waals surface area contributed by atoms with Crippen LogP contribution in [-0.2, 0) is 6.54 Å². The van der Waals surface area contributed by atoms with Crippen molar-refractivity contribution >= 4 is 5.82 Å². The fraction of sp³-hybridized carbons (Fsp3) is 0.500. The molecule has 0 saturated carbocycles. The third-order valence-corrected chi connectivity index (χ3v) is 1.53. The summed E-state index contributed by atoms with van der Waals surface area (Å²) in [5, 5.41) is 14.1. The van der Waals surface area contributed by atoms with Crippen molar-refractivity contribution in [1.29, 1.82) is 0 Å². The number of nitro groups is 1. The summed E-state index contributed by atoms with van der Waals surface area (Å²) in [6.07, 6.45) is 0. The highest BCUT2D eigenvalue weighted by atomic mass is 16.6. The molecular weight excluding hydrogens is 160 g/mol. The van der Waals surface area contributed by atoms with Crippen molar-refractivity contribution in [2.45, 2.75) is 13.5 Å². The molecule has 1 rings (SSSR count). The molecule has 0 radical (unpaired) electrons. The fourth-order valence-corrected chi connectivity index (χ4v) is 0.958. The second kappa shape index (κ2) is 3.31. The van der Waals surface area contributed by atoms with Crippen molar-refractivity contribution in [3.05, 3.63) is 21.9 Å². The number of quaternary nitrogens is 1. The summed E-state index contributed by atoms with van der Waals surface area (Å²) in [5.74, 6) is -0.0963. The van der Waals surface area contributed by atoms with E-state index in [0.717, 1.165) is 5.69 Å². The Hall–Kier alpha value is -1.43. The van der Waals surface area contributed by atoms with Gasteiger partial charge in [0, 0.05) is 0 Å². The number of aryl methyl sites for hydroxylation is 1. The van der Waals surface area contributed by atoms with Gasteiger partial charge in [-0.2, -0.15) is 4.68 Å². The predicted octanol–water partition coefficient (Wildman–Crippen LogP) is -0.658. The maximum absolute atomic E-state index is 10.3. The standard InChI is InChI=1S/C6H10N4O2/c1-5-4-6(10(11)12)8-9(5)3-2-7/h4H,2-3,7H2,1H3/p+1. The lowest BCUT2D eigenvalue weighted by Crippen LogP contribution is -2.52. The summed E-state index contributed by atoms with van der Waals surface area (Å²) >= 11 is 0. The first-order valence-corrected chi connectivity index (χ1v) is 3.63. The molecule has 66 valence electrons. The first-order chi connectivity index (χ1) is 5.65. The first-order valence-electron chi connectivity index (χ1n) is 3.63. The van der Waals surface area contributed by atoms with E-state index in [1.54, 1.807) is 11.6 Å². The smallest absolute Gasteiger partial charge is 0.358 e. The first kappa shape index (κ1) is 8.66. The SMILES string of the molecule is Cc1cc([N+](=O)[O-])nn1CC[NH3+]. The molecule has 1 aromatic rings. The number of hydrogen-bond acceptors (Lipinski definition) is 3. The van der Waals surface area contributed by atoms with Crippen LogP contribution < -0.4 is 5.73 Å². The van der Waals surface area contributed by atoms with Crippen LogP contribution in [0.1, 0.15) is 5.69 Å². The van der Waals surface area contributed by atoms with E-state index in [1.807, 2.05) is 0 Å². The van der Waals surface area contributed by atoms with Crippen molar-refractivity contribution in [2.24, 2.45) is 0 Å². The zero-order valence-corrected chi connectivity index (χ0v) is 6.86. The van der Waals surface area contributed by atoms with Crippen LogP contribution in [0.4, 0.5) is 5.82 Å². The second-order valence-corrected chi connectivity index (χ2v) is 2.48. The van der Waals surface area contributed by atoms with Crippen molar-refractivity contribution in [3.8, 4) is 0 Å². The van der Waals surface area contributed by atoms with Crippen LogP contribution in [0.5, 0.6) is 0 Å². The Kier molecular flexibility index (Phi) is 2.39. The van der Waals surface area contributed by atoms with Crippen LogP contribution in [0.15, 0.2) is 6.07 Å². The molecule has 0 bridgehead atoms. The normalized spacial score (nSPS) is 10.2. The second-order valence-electron chi connectivity index (χ2n) is 2.48. The van der Waals surface area contributed by atoms with Gasteiger partial charge in [-0.15, -0.1) is 0 Å². The average Bonchev–Trinajstić information content (AvgIpc) is 2.34. The van der Waals surface area contributed by atoms with Gasteiger partial charge in [0.25, 0.3) is 0 Å². The van der Waals surface area contributed by atoms with Gasteiger partial charge in [0.2, 0.25) is 0 Å². The van der Waals surface area contributed by atoms with Crippen LogP contribution in [0.25, 0.3) is 0 Å². The Bertz CT molecular complexity index is 294. The zero-order chi connectivity index (χ0) is 9.14. The lowest BCUT2D eigenvalue weighted by atomic mass is 10.4. The minimum Gasteiger partial charge on any atom is -0.358 e. The number of aromatic nitrogens is 2.